The monoisotopic (exact) mass is 835 g/mol. The lowest BCUT2D eigenvalue weighted by Crippen LogP contribution is -2.64. The number of hydrogen-bond acceptors (Lipinski definition) is 12. The number of allylic oxidation sites excluding steroid dienone is 4. The molecule has 3 unspecified atom stereocenters. The highest BCUT2D eigenvalue weighted by atomic mass is 31.2. The SMILES string of the molecule is CCCCCC=CCC=CCCCCCCCC(=O)O[C@H](COC(=O)CCCCCCCCCCCCCCC)COP(=O)(O)OC1[C@H](O)[C@H](O)C(O)[C@H](O)[C@H]1O. The largest absolute Gasteiger partial charge is 0.472 e. The second-order valence-corrected chi connectivity index (χ2v) is 17.0. The first kappa shape index (κ1) is 53.3. The number of hydrogen-bond donors (Lipinski definition) is 6. The highest BCUT2D eigenvalue weighted by molar-refractivity contribution is 7.47. The number of rotatable bonds is 36. The van der Waals surface area contributed by atoms with Gasteiger partial charge in [-0.1, -0.05) is 147 Å². The molecule has 0 aliphatic heterocycles. The first-order chi connectivity index (χ1) is 27.4. The maximum Gasteiger partial charge on any atom is 0.472 e. The number of aliphatic hydroxyl groups excluding tert-OH is 5. The number of esters is 2. The van der Waals surface area contributed by atoms with Crippen molar-refractivity contribution < 1.29 is 63.1 Å². The van der Waals surface area contributed by atoms with Crippen molar-refractivity contribution in [1.82, 2.24) is 0 Å². The van der Waals surface area contributed by atoms with E-state index in [2.05, 4.69) is 38.2 Å². The lowest BCUT2D eigenvalue weighted by Gasteiger charge is -2.41. The van der Waals surface area contributed by atoms with Crippen LogP contribution in [-0.2, 0) is 32.7 Å². The first-order valence-corrected chi connectivity index (χ1v) is 23.6. The summed E-state index contributed by atoms with van der Waals surface area (Å²) in [7, 11) is -5.11. The molecule has 1 rings (SSSR count). The number of phosphoric acid groups is 1. The minimum Gasteiger partial charge on any atom is -0.462 e. The van der Waals surface area contributed by atoms with Crippen molar-refractivity contribution in [3.05, 3.63) is 24.3 Å². The van der Waals surface area contributed by atoms with E-state index >= 15 is 0 Å². The van der Waals surface area contributed by atoms with E-state index < -0.39 is 75.7 Å². The Morgan fingerprint density at radius 1 is 0.544 bits per heavy atom. The van der Waals surface area contributed by atoms with Gasteiger partial charge in [-0.2, -0.15) is 0 Å². The van der Waals surface area contributed by atoms with Gasteiger partial charge >= 0.3 is 19.8 Å². The number of unbranched alkanes of at least 4 members (excludes halogenated alkanes) is 20. The minimum atomic E-state index is -5.11. The third kappa shape index (κ3) is 26.9. The van der Waals surface area contributed by atoms with Crippen LogP contribution in [0.25, 0.3) is 0 Å². The molecule has 0 aromatic carbocycles. The summed E-state index contributed by atoms with van der Waals surface area (Å²) in [4.78, 5) is 35.6. The van der Waals surface area contributed by atoms with Gasteiger partial charge in [-0.05, 0) is 44.9 Å². The molecular weight excluding hydrogens is 755 g/mol. The number of carbonyl (C=O) groups is 2. The molecule has 0 aromatic heterocycles. The molecule has 0 amide bonds. The zero-order valence-electron chi connectivity index (χ0n) is 35.1. The lowest BCUT2D eigenvalue weighted by molar-refractivity contribution is -0.220. The minimum absolute atomic E-state index is 0.0831. The van der Waals surface area contributed by atoms with Crippen molar-refractivity contribution in [1.29, 1.82) is 0 Å². The summed E-state index contributed by atoms with van der Waals surface area (Å²) in [5, 5.41) is 50.1. The second-order valence-electron chi connectivity index (χ2n) is 15.6. The van der Waals surface area contributed by atoms with Crippen LogP contribution >= 0.6 is 7.82 Å². The molecular formula is C43H79O13P. The molecule has 0 saturated heterocycles. The van der Waals surface area contributed by atoms with E-state index in [1.807, 2.05) is 0 Å². The maximum absolute atomic E-state index is 12.8. The summed E-state index contributed by atoms with van der Waals surface area (Å²) in [6.07, 6.45) is 22.3. The van der Waals surface area contributed by atoms with Crippen LogP contribution in [0.15, 0.2) is 24.3 Å². The van der Waals surface area contributed by atoms with Crippen molar-refractivity contribution in [2.24, 2.45) is 0 Å². The second kappa shape index (κ2) is 34.1. The summed E-state index contributed by atoms with van der Waals surface area (Å²) >= 11 is 0. The Morgan fingerprint density at radius 3 is 1.46 bits per heavy atom. The van der Waals surface area contributed by atoms with Gasteiger partial charge in [0.15, 0.2) is 6.10 Å². The fraction of sp³-hybridized carbons (Fsp3) is 0.860. The van der Waals surface area contributed by atoms with Crippen LogP contribution in [0.2, 0.25) is 0 Å². The lowest BCUT2D eigenvalue weighted by atomic mass is 9.85. The summed E-state index contributed by atoms with van der Waals surface area (Å²) in [5.41, 5.74) is 0. The summed E-state index contributed by atoms with van der Waals surface area (Å²) in [6, 6.07) is 0. The number of aliphatic hydroxyl groups is 5. The summed E-state index contributed by atoms with van der Waals surface area (Å²) in [6.45, 7) is 3.25. The zero-order valence-corrected chi connectivity index (χ0v) is 36.0. The van der Waals surface area contributed by atoms with Gasteiger partial charge in [0, 0.05) is 12.8 Å². The average Bonchev–Trinajstić information content (AvgIpc) is 3.19. The molecule has 1 aliphatic carbocycles. The topological polar surface area (TPSA) is 210 Å². The predicted molar refractivity (Wildman–Crippen MR) is 221 cm³/mol. The molecule has 1 fully saturated rings. The number of phosphoric ester groups is 1. The van der Waals surface area contributed by atoms with Crippen LogP contribution in [0.5, 0.6) is 0 Å². The Morgan fingerprint density at radius 2 is 0.947 bits per heavy atom. The van der Waals surface area contributed by atoms with Gasteiger partial charge < -0.3 is 39.9 Å². The van der Waals surface area contributed by atoms with E-state index in [-0.39, 0.29) is 12.8 Å². The Kier molecular flexibility index (Phi) is 31.9. The summed E-state index contributed by atoms with van der Waals surface area (Å²) < 4.78 is 33.5. The van der Waals surface area contributed by atoms with Gasteiger partial charge in [0.1, 0.15) is 43.2 Å². The average molecular weight is 835 g/mol. The molecule has 0 heterocycles. The Hall–Kier alpha value is -1.67. The van der Waals surface area contributed by atoms with Gasteiger partial charge in [0.2, 0.25) is 0 Å². The molecule has 6 N–H and O–H groups in total. The van der Waals surface area contributed by atoms with Crippen LogP contribution in [0.3, 0.4) is 0 Å². The van der Waals surface area contributed by atoms with Crippen LogP contribution in [0.1, 0.15) is 181 Å². The normalized spacial score (nSPS) is 22.9. The smallest absolute Gasteiger partial charge is 0.462 e. The molecule has 0 bridgehead atoms. The molecule has 1 saturated carbocycles. The first-order valence-electron chi connectivity index (χ1n) is 22.1. The molecule has 13 nitrogen and oxygen atoms in total. The highest BCUT2D eigenvalue weighted by Gasteiger charge is 2.51. The van der Waals surface area contributed by atoms with E-state index in [0.717, 1.165) is 64.2 Å². The fourth-order valence-corrected chi connectivity index (χ4v) is 7.64. The van der Waals surface area contributed by atoms with E-state index in [0.29, 0.717) is 12.8 Å². The van der Waals surface area contributed by atoms with E-state index in [1.165, 1.54) is 77.0 Å². The molecule has 0 aromatic rings. The molecule has 334 valence electrons. The Bertz CT molecular complexity index is 1100. The molecule has 57 heavy (non-hydrogen) atoms. The summed E-state index contributed by atoms with van der Waals surface area (Å²) in [5.74, 6) is -1.11. The predicted octanol–water partition coefficient (Wildman–Crippen LogP) is 8.06. The number of carbonyl (C=O) groups excluding carboxylic acids is 2. The zero-order chi connectivity index (χ0) is 42.2. The van der Waals surface area contributed by atoms with Crippen LogP contribution in [0.4, 0.5) is 0 Å². The van der Waals surface area contributed by atoms with Crippen molar-refractivity contribution in [2.45, 2.75) is 224 Å². The molecule has 8 atom stereocenters. The van der Waals surface area contributed by atoms with Gasteiger partial charge in [-0.15, -0.1) is 0 Å². The standard InChI is InChI=1S/C43H79O13P/c1-3-5-7-9-11-13-15-17-18-20-22-24-26-28-30-32-37(45)55-35(34-54-57(51,52)56-43-41(49)39(47)38(46)40(48)42(43)50)33-53-36(44)31-29-27-25-23-21-19-16-14-12-10-8-6-4-2/h11,13,17-18,35,38-43,46-50H,3-10,12,14-16,19-34H2,1-2H3,(H,51,52)/t35-,38?,39-,40+,41-,42-,43?/m1/s1. The van der Waals surface area contributed by atoms with E-state index in [1.54, 1.807) is 0 Å². The van der Waals surface area contributed by atoms with Gasteiger partial charge in [-0.25, -0.2) is 4.57 Å². The van der Waals surface area contributed by atoms with Crippen molar-refractivity contribution in [3.8, 4) is 0 Å². The highest BCUT2D eigenvalue weighted by Crippen LogP contribution is 2.47. The van der Waals surface area contributed by atoms with E-state index in [9.17, 15) is 44.6 Å². The number of ether oxygens (including phenoxy) is 2. The molecule has 0 spiro atoms. The Balaban J connectivity index is 2.49. The van der Waals surface area contributed by atoms with Crippen LogP contribution < -0.4 is 0 Å². The molecule has 14 heteroatoms. The van der Waals surface area contributed by atoms with Gasteiger partial charge in [0.05, 0.1) is 6.61 Å². The quantitative estimate of drug-likeness (QED) is 0.0153. The third-order valence-corrected chi connectivity index (χ3v) is 11.3. The van der Waals surface area contributed by atoms with Crippen molar-refractivity contribution in [3.63, 3.8) is 0 Å². The van der Waals surface area contributed by atoms with E-state index in [4.69, 9.17) is 18.5 Å². The molecule has 0 radical (unpaired) electrons. The van der Waals surface area contributed by atoms with Crippen molar-refractivity contribution in [2.75, 3.05) is 13.2 Å². The Labute approximate surface area is 343 Å². The third-order valence-electron chi connectivity index (χ3n) is 10.3. The molecule has 1 aliphatic rings. The van der Waals surface area contributed by atoms with Gasteiger partial charge in [0.25, 0.3) is 0 Å². The van der Waals surface area contributed by atoms with Gasteiger partial charge in [-0.3, -0.25) is 18.6 Å². The van der Waals surface area contributed by atoms with Crippen LogP contribution in [0, 0.1) is 0 Å². The van der Waals surface area contributed by atoms with Crippen molar-refractivity contribution >= 4 is 19.8 Å². The van der Waals surface area contributed by atoms with Crippen LogP contribution in [-0.4, -0.2) is 98.3 Å². The maximum atomic E-state index is 12.8. The fourth-order valence-electron chi connectivity index (χ4n) is 6.67.